The summed E-state index contributed by atoms with van der Waals surface area (Å²) >= 11 is 0. The topological polar surface area (TPSA) is 32.3 Å². The van der Waals surface area contributed by atoms with Crippen LogP contribution in [0, 0.1) is 0 Å². The summed E-state index contributed by atoms with van der Waals surface area (Å²) in [6, 6.07) is 15.0. The molecule has 2 aromatic carbocycles. The van der Waals surface area contributed by atoms with Gasteiger partial charge in [0.25, 0.3) is 0 Å². The maximum atomic E-state index is 9.17. The Morgan fingerprint density at radius 2 is 1.78 bits per heavy atom. The van der Waals surface area contributed by atoms with Crippen LogP contribution in [0.5, 0.6) is 0 Å². The normalized spacial score (nSPS) is 11.9. The minimum absolute atomic E-state index is 0.157. The van der Waals surface area contributed by atoms with Crippen LogP contribution in [0.4, 0.5) is 0 Å². The fraction of sp³-hybridized carbons (Fsp3) is 0.375. The van der Waals surface area contributed by atoms with Gasteiger partial charge in [0.1, 0.15) is 0 Å². The molecule has 0 aliphatic heterocycles. The summed E-state index contributed by atoms with van der Waals surface area (Å²) < 4.78 is 0. The van der Waals surface area contributed by atoms with Gasteiger partial charge in [-0.3, -0.25) is 0 Å². The number of aliphatic hydroxyl groups is 1. The van der Waals surface area contributed by atoms with E-state index in [9.17, 15) is 5.11 Å². The molecule has 0 bridgehead atoms. The lowest BCUT2D eigenvalue weighted by Crippen LogP contribution is -2.43. The van der Waals surface area contributed by atoms with Gasteiger partial charge in [-0.2, -0.15) is 0 Å². The highest BCUT2D eigenvalue weighted by Gasteiger charge is 2.14. The van der Waals surface area contributed by atoms with Crippen molar-refractivity contribution < 1.29 is 5.11 Å². The molecular weight excluding hydrogens is 222 g/mol. The molecular formula is C16H21NO. The Labute approximate surface area is 109 Å². The minimum Gasteiger partial charge on any atom is -0.394 e. The molecule has 2 rings (SSSR count). The van der Waals surface area contributed by atoms with Gasteiger partial charge in [0, 0.05) is 5.54 Å². The van der Waals surface area contributed by atoms with Crippen LogP contribution < -0.4 is 5.32 Å². The van der Waals surface area contributed by atoms with Crippen molar-refractivity contribution in [3.8, 4) is 0 Å². The molecule has 2 N–H and O–H groups in total. The molecule has 2 heteroatoms. The Balaban J connectivity index is 2.00. The molecule has 0 aromatic heterocycles. The average molecular weight is 243 g/mol. The SMILES string of the molecule is CC(C)(CO)NCCc1ccc2ccccc2c1. The summed E-state index contributed by atoms with van der Waals surface area (Å²) in [5.41, 5.74) is 1.13. The number of rotatable bonds is 5. The summed E-state index contributed by atoms with van der Waals surface area (Å²) in [5.74, 6) is 0. The van der Waals surface area contributed by atoms with Crippen molar-refractivity contribution in [3.05, 3.63) is 48.0 Å². The third-order valence-corrected chi connectivity index (χ3v) is 3.23. The van der Waals surface area contributed by atoms with E-state index in [1.165, 1.54) is 16.3 Å². The van der Waals surface area contributed by atoms with Gasteiger partial charge >= 0.3 is 0 Å². The molecule has 2 aromatic rings. The molecule has 0 saturated heterocycles. The Hall–Kier alpha value is -1.38. The highest BCUT2D eigenvalue weighted by Crippen LogP contribution is 2.15. The van der Waals surface area contributed by atoms with E-state index in [0.717, 1.165) is 13.0 Å². The van der Waals surface area contributed by atoms with E-state index in [0.29, 0.717) is 0 Å². The van der Waals surface area contributed by atoms with Crippen molar-refractivity contribution in [3.63, 3.8) is 0 Å². The third-order valence-electron chi connectivity index (χ3n) is 3.23. The molecule has 0 aliphatic carbocycles. The number of nitrogens with one attached hydrogen (secondary N) is 1. The average Bonchev–Trinajstić information content (AvgIpc) is 2.38. The largest absolute Gasteiger partial charge is 0.394 e. The predicted molar refractivity (Wildman–Crippen MR) is 76.8 cm³/mol. The first-order valence-electron chi connectivity index (χ1n) is 6.44. The second-order valence-corrected chi connectivity index (χ2v) is 5.40. The highest BCUT2D eigenvalue weighted by molar-refractivity contribution is 5.82. The Bertz CT molecular complexity index is 519. The Morgan fingerprint density at radius 3 is 2.50 bits per heavy atom. The number of fused-ring (bicyclic) bond motifs is 1. The first-order chi connectivity index (χ1) is 8.61. The van der Waals surface area contributed by atoms with Crippen molar-refractivity contribution in [2.75, 3.05) is 13.2 Å². The molecule has 0 amide bonds. The van der Waals surface area contributed by atoms with Crippen molar-refractivity contribution in [2.45, 2.75) is 25.8 Å². The molecule has 18 heavy (non-hydrogen) atoms. The fourth-order valence-electron chi connectivity index (χ4n) is 2.00. The van der Waals surface area contributed by atoms with Crippen LogP contribution in [0.2, 0.25) is 0 Å². The van der Waals surface area contributed by atoms with E-state index in [1.54, 1.807) is 0 Å². The number of hydrogen-bond donors (Lipinski definition) is 2. The summed E-state index contributed by atoms with van der Waals surface area (Å²) in [4.78, 5) is 0. The predicted octanol–water partition coefficient (Wildman–Crippen LogP) is 2.74. The van der Waals surface area contributed by atoms with Crippen molar-refractivity contribution in [1.29, 1.82) is 0 Å². The zero-order valence-electron chi connectivity index (χ0n) is 11.1. The molecule has 96 valence electrons. The van der Waals surface area contributed by atoms with Gasteiger partial charge in [0.15, 0.2) is 0 Å². The highest BCUT2D eigenvalue weighted by atomic mass is 16.3. The van der Waals surface area contributed by atoms with Gasteiger partial charge < -0.3 is 10.4 Å². The van der Waals surface area contributed by atoms with E-state index in [-0.39, 0.29) is 12.1 Å². The molecule has 0 heterocycles. The van der Waals surface area contributed by atoms with Crippen molar-refractivity contribution >= 4 is 10.8 Å². The number of benzene rings is 2. The van der Waals surface area contributed by atoms with Crippen LogP contribution in [0.1, 0.15) is 19.4 Å². The van der Waals surface area contributed by atoms with Crippen molar-refractivity contribution in [1.82, 2.24) is 5.32 Å². The van der Waals surface area contributed by atoms with Gasteiger partial charge in [0.2, 0.25) is 0 Å². The van der Waals surface area contributed by atoms with Crippen LogP contribution in [0.15, 0.2) is 42.5 Å². The fourth-order valence-corrected chi connectivity index (χ4v) is 2.00. The Kier molecular flexibility index (Phi) is 4.00. The molecule has 0 spiro atoms. The minimum atomic E-state index is -0.198. The third kappa shape index (κ3) is 3.31. The summed E-state index contributed by atoms with van der Waals surface area (Å²) in [5, 5.41) is 15.1. The van der Waals surface area contributed by atoms with E-state index < -0.39 is 0 Å². The molecule has 0 saturated carbocycles. The first kappa shape index (κ1) is 13.1. The van der Waals surface area contributed by atoms with E-state index in [1.807, 2.05) is 13.8 Å². The summed E-state index contributed by atoms with van der Waals surface area (Å²) in [6.07, 6.45) is 0.980. The van der Waals surface area contributed by atoms with Crippen molar-refractivity contribution in [2.24, 2.45) is 0 Å². The maximum absolute atomic E-state index is 9.17. The standard InChI is InChI=1S/C16H21NO/c1-16(2,12-18)17-10-9-13-7-8-14-5-3-4-6-15(14)11-13/h3-8,11,17-18H,9-10,12H2,1-2H3. The quantitative estimate of drug-likeness (QED) is 0.846. The van der Waals surface area contributed by atoms with Crippen LogP contribution in [0.25, 0.3) is 10.8 Å². The zero-order chi connectivity index (χ0) is 13.0. The van der Waals surface area contributed by atoms with Gasteiger partial charge in [-0.05, 0) is 43.1 Å². The number of hydrogen-bond acceptors (Lipinski definition) is 2. The maximum Gasteiger partial charge on any atom is 0.0607 e. The van der Waals surface area contributed by atoms with Crippen LogP contribution >= 0.6 is 0 Å². The lowest BCUT2D eigenvalue weighted by Gasteiger charge is -2.23. The number of aliphatic hydroxyl groups excluding tert-OH is 1. The molecule has 0 fully saturated rings. The zero-order valence-corrected chi connectivity index (χ0v) is 11.1. The van der Waals surface area contributed by atoms with E-state index >= 15 is 0 Å². The summed E-state index contributed by atoms with van der Waals surface area (Å²) in [6.45, 7) is 5.05. The van der Waals surface area contributed by atoms with Crippen LogP contribution in [0.3, 0.4) is 0 Å². The lowest BCUT2D eigenvalue weighted by molar-refractivity contribution is 0.189. The van der Waals surface area contributed by atoms with Crippen LogP contribution in [-0.4, -0.2) is 23.8 Å². The molecule has 0 aliphatic rings. The second-order valence-electron chi connectivity index (χ2n) is 5.40. The summed E-state index contributed by atoms with van der Waals surface area (Å²) in [7, 11) is 0. The monoisotopic (exact) mass is 243 g/mol. The van der Waals surface area contributed by atoms with Gasteiger partial charge in [-0.25, -0.2) is 0 Å². The van der Waals surface area contributed by atoms with Gasteiger partial charge in [-0.15, -0.1) is 0 Å². The molecule has 0 radical (unpaired) electrons. The molecule has 0 atom stereocenters. The van der Waals surface area contributed by atoms with Crippen LogP contribution in [-0.2, 0) is 6.42 Å². The lowest BCUT2D eigenvalue weighted by atomic mass is 10.0. The smallest absolute Gasteiger partial charge is 0.0607 e. The second kappa shape index (κ2) is 5.51. The van der Waals surface area contributed by atoms with Gasteiger partial charge in [-0.1, -0.05) is 42.5 Å². The van der Waals surface area contributed by atoms with Gasteiger partial charge in [0.05, 0.1) is 6.61 Å². The Morgan fingerprint density at radius 1 is 1.06 bits per heavy atom. The molecule has 2 nitrogen and oxygen atoms in total. The first-order valence-corrected chi connectivity index (χ1v) is 6.44. The van der Waals surface area contributed by atoms with E-state index in [4.69, 9.17) is 0 Å². The van der Waals surface area contributed by atoms with E-state index in [2.05, 4.69) is 47.8 Å². The molecule has 0 unspecified atom stereocenters.